The van der Waals surface area contributed by atoms with Crippen molar-refractivity contribution >= 4 is 22.7 Å². The standard InChI is InChI=1S/C21H18O4/c1-13-4-9-20(14(2)10-13)25-21(23)18-6-5-17-12-19(24-15(3)22)8-7-16(17)11-18/h4-12H,1-3H3. The molecule has 0 N–H and O–H groups in total. The molecular weight excluding hydrogens is 316 g/mol. The van der Waals surface area contributed by atoms with E-state index >= 15 is 0 Å². The SMILES string of the molecule is CC(=O)Oc1ccc2cc(C(=O)Oc3ccc(C)cc3C)ccc2c1. The van der Waals surface area contributed by atoms with Gasteiger partial charge in [-0.2, -0.15) is 0 Å². The van der Waals surface area contributed by atoms with Gasteiger partial charge in [0.15, 0.2) is 0 Å². The fraction of sp³-hybridized carbons (Fsp3) is 0.143. The number of hydrogen-bond acceptors (Lipinski definition) is 4. The van der Waals surface area contributed by atoms with Crippen LogP contribution in [0.15, 0.2) is 54.6 Å². The summed E-state index contributed by atoms with van der Waals surface area (Å²) in [7, 11) is 0. The van der Waals surface area contributed by atoms with Gasteiger partial charge < -0.3 is 9.47 Å². The van der Waals surface area contributed by atoms with E-state index in [0.717, 1.165) is 21.9 Å². The fourth-order valence-electron chi connectivity index (χ4n) is 2.65. The molecule has 4 nitrogen and oxygen atoms in total. The first-order chi connectivity index (χ1) is 11.9. The summed E-state index contributed by atoms with van der Waals surface area (Å²) < 4.78 is 10.6. The van der Waals surface area contributed by atoms with E-state index in [1.165, 1.54) is 6.92 Å². The number of benzene rings is 3. The lowest BCUT2D eigenvalue weighted by Crippen LogP contribution is -2.09. The summed E-state index contributed by atoms with van der Waals surface area (Å²) in [6.45, 7) is 5.26. The molecule has 3 aromatic rings. The zero-order chi connectivity index (χ0) is 18.0. The molecule has 0 aliphatic heterocycles. The Hall–Kier alpha value is -3.14. The van der Waals surface area contributed by atoms with Crippen LogP contribution in [0.1, 0.15) is 28.4 Å². The number of carbonyl (C=O) groups excluding carboxylic acids is 2. The molecule has 0 spiro atoms. The summed E-state index contributed by atoms with van der Waals surface area (Å²) in [5, 5.41) is 1.74. The Morgan fingerprint density at radius 1 is 0.800 bits per heavy atom. The number of hydrogen-bond donors (Lipinski definition) is 0. The first-order valence-electron chi connectivity index (χ1n) is 7.94. The Bertz CT molecular complexity index is 973. The lowest BCUT2D eigenvalue weighted by Gasteiger charge is -2.09. The third-order valence-electron chi connectivity index (χ3n) is 3.84. The van der Waals surface area contributed by atoms with Gasteiger partial charge in [-0.25, -0.2) is 4.79 Å². The summed E-state index contributed by atoms with van der Waals surface area (Å²) >= 11 is 0. The van der Waals surface area contributed by atoms with Crippen LogP contribution in [0.4, 0.5) is 0 Å². The minimum absolute atomic E-state index is 0.368. The van der Waals surface area contributed by atoms with Gasteiger partial charge in [0, 0.05) is 6.92 Å². The van der Waals surface area contributed by atoms with E-state index in [-0.39, 0.29) is 5.97 Å². The van der Waals surface area contributed by atoms with Crippen LogP contribution in [0.25, 0.3) is 10.8 Å². The molecule has 0 aromatic heterocycles. The van der Waals surface area contributed by atoms with E-state index < -0.39 is 5.97 Å². The minimum atomic E-state index is -0.405. The molecule has 0 radical (unpaired) electrons. The number of rotatable bonds is 3. The molecule has 3 rings (SSSR count). The number of carbonyl (C=O) groups is 2. The van der Waals surface area contributed by atoms with Gasteiger partial charge in [-0.1, -0.05) is 29.8 Å². The van der Waals surface area contributed by atoms with E-state index in [0.29, 0.717) is 17.1 Å². The maximum Gasteiger partial charge on any atom is 0.343 e. The predicted octanol–water partition coefficient (Wildman–Crippen LogP) is 4.60. The first kappa shape index (κ1) is 16.7. The predicted molar refractivity (Wildman–Crippen MR) is 96.1 cm³/mol. The monoisotopic (exact) mass is 334 g/mol. The molecule has 25 heavy (non-hydrogen) atoms. The number of esters is 2. The highest BCUT2D eigenvalue weighted by Crippen LogP contribution is 2.24. The third kappa shape index (κ3) is 3.86. The summed E-state index contributed by atoms with van der Waals surface area (Å²) in [5.74, 6) is 0.262. The molecule has 0 aliphatic carbocycles. The maximum absolute atomic E-state index is 12.4. The smallest absolute Gasteiger partial charge is 0.343 e. The van der Waals surface area contributed by atoms with Crippen LogP contribution < -0.4 is 9.47 Å². The van der Waals surface area contributed by atoms with Crippen molar-refractivity contribution in [3.63, 3.8) is 0 Å². The van der Waals surface area contributed by atoms with Crippen molar-refractivity contribution in [3.8, 4) is 11.5 Å². The fourth-order valence-corrected chi connectivity index (χ4v) is 2.65. The van der Waals surface area contributed by atoms with Gasteiger partial charge in [0.1, 0.15) is 11.5 Å². The van der Waals surface area contributed by atoms with Crippen LogP contribution in [0.3, 0.4) is 0 Å². The van der Waals surface area contributed by atoms with Crippen LogP contribution in [-0.2, 0) is 4.79 Å². The lowest BCUT2D eigenvalue weighted by molar-refractivity contribution is -0.131. The number of fused-ring (bicyclic) bond motifs is 1. The molecule has 0 saturated heterocycles. The quantitative estimate of drug-likeness (QED) is 0.519. The van der Waals surface area contributed by atoms with Gasteiger partial charge in [-0.15, -0.1) is 0 Å². The summed E-state index contributed by atoms with van der Waals surface area (Å²) in [4.78, 5) is 23.4. The van der Waals surface area contributed by atoms with Crippen molar-refractivity contribution in [1.82, 2.24) is 0 Å². The van der Waals surface area contributed by atoms with Crippen molar-refractivity contribution in [2.75, 3.05) is 0 Å². The average Bonchev–Trinajstić information content (AvgIpc) is 2.56. The molecule has 126 valence electrons. The Labute approximate surface area is 146 Å². The number of ether oxygens (including phenoxy) is 2. The van der Waals surface area contributed by atoms with Crippen molar-refractivity contribution in [1.29, 1.82) is 0 Å². The molecule has 0 unspecified atom stereocenters. The van der Waals surface area contributed by atoms with Crippen LogP contribution >= 0.6 is 0 Å². The number of aryl methyl sites for hydroxylation is 2. The zero-order valence-electron chi connectivity index (χ0n) is 14.3. The van der Waals surface area contributed by atoms with E-state index in [2.05, 4.69) is 0 Å². The zero-order valence-corrected chi connectivity index (χ0v) is 14.3. The average molecular weight is 334 g/mol. The molecule has 0 saturated carbocycles. The summed E-state index contributed by atoms with van der Waals surface area (Å²) in [5.41, 5.74) is 2.50. The van der Waals surface area contributed by atoms with Crippen LogP contribution in [-0.4, -0.2) is 11.9 Å². The Balaban J connectivity index is 1.85. The topological polar surface area (TPSA) is 52.6 Å². The highest BCUT2D eigenvalue weighted by molar-refractivity contribution is 5.97. The van der Waals surface area contributed by atoms with Crippen LogP contribution in [0.2, 0.25) is 0 Å². The molecule has 0 amide bonds. The van der Waals surface area contributed by atoms with Crippen molar-refractivity contribution < 1.29 is 19.1 Å². The molecular formula is C21H18O4. The van der Waals surface area contributed by atoms with Crippen molar-refractivity contribution in [2.24, 2.45) is 0 Å². The highest BCUT2D eigenvalue weighted by Gasteiger charge is 2.11. The molecule has 0 bridgehead atoms. The van der Waals surface area contributed by atoms with Gasteiger partial charge in [0.2, 0.25) is 0 Å². The second-order valence-corrected chi connectivity index (χ2v) is 5.98. The maximum atomic E-state index is 12.4. The Morgan fingerprint density at radius 3 is 2.24 bits per heavy atom. The Kier molecular flexibility index (Phi) is 4.52. The van der Waals surface area contributed by atoms with Gasteiger partial charge in [-0.3, -0.25) is 4.79 Å². The van der Waals surface area contributed by atoms with Gasteiger partial charge >= 0.3 is 11.9 Å². The largest absolute Gasteiger partial charge is 0.427 e. The highest BCUT2D eigenvalue weighted by atomic mass is 16.5. The molecule has 0 fully saturated rings. The van der Waals surface area contributed by atoms with E-state index in [1.54, 1.807) is 36.4 Å². The lowest BCUT2D eigenvalue weighted by atomic mass is 10.1. The second kappa shape index (κ2) is 6.77. The Morgan fingerprint density at radius 2 is 1.52 bits per heavy atom. The molecule has 0 atom stereocenters. The van der Waals surface area contributed by atoms with Crippen LogP contribution in [0, 0.1) is 13.8 Å². The molecule has 3 aromatic carbocycles. The van der Waals surface area contributed by atoms with E-state index in [9.17, 15) is 9.59 Å². The van der Waals surface area contributed by atoms with Crippen molar-refractivity contribution in [2.45, 2.75) is 20.8 Å². The summed E-state index contributed by atoms with van der Waals surface area (Å²) in [6, 6.07) is 16.2. The van der Waals surface area contributed by atoms with E-state index in [1.807, 2.05) is 32.0 Å². The van der Waals surface area contributed by atoms with Crippen LogP contribution in [0.5, 0.6) is 11.5 Å². The van der Waals surface area contributed by atoms with Gasteiger partial charge in [0.05, 0.1) is 5.56 Å². The van der Waals surface area contributed by atoms with E-state index in [4.69, 9.17) is 9.47 Å². The van der Waals surface area contributed by atoms with Gasteiger partial charge in [-0.05, 0) is 60.5 Å². The normalized spacial score (nSPS) is 10.5. The molecule has 0 heterocycles. The second-order valence-electron chi connectivity index (χ2n) is 5.98. The van der Waals surface area contributed by atoms with Crippen molar-refractivity contribution in [3.05, 3.63) is 71.3 Å². The molecule has 4 heteroatoms. The third-order valence-corrected chi connectivity index (χ3v) is 3.84. The minimum Gasteiger partial charge on any atom is -0.427 e. The summed E-state index contributed by atoms with van der Waals surface area (Å²) in [6.07, 6.45) is 0. The van der Waals surface area contributed by atoms with Gasteiger partial charge in [0.25, 0.3) is 0 Å². The first-order valence-corrected chi connectivity index (χ1v) is 7.94. The molecule has 0 aliphatic rings.